The summed E-state index contributed by atoms with van der Waals surface area (Å²) in [7, 11) is 1.74. The van der Waals surface area contributed by atoms with Gasteiger partial charge >= 0.3 is 0 Å². The zero-order valence-electron chi connectivity index (χ0n) is 15.8. The van der Waals surface area contributed by atoms with E-state index in [0.29, 0.717) is 0 Å². The monoisotopic (exact) mass is 366 g/mol. The molecule has 0 atom stereocenters. The summed E-state index contributed by atoms with van der Waals surface area (Å²) in [5.41, 5.74) is 1.36. The first kappa shape index (κ1) is 20.4. The van der Waals surface area contributed by atoms with Gasteiger partial charge in [-0.05, 0) is 69.0 Å². The molecule has 1 aliphatic carbocycles. The van der Waals surface area contributed by atoms with Gasteiger partial charge in [0.15, 0.2) is 0 Å². The summed E-state index contributed by atoms with van der Waals surface area (Å²) in [6.45, 7) is 6.17. The topological polar surface area (TPSA) is 15.7 Å². The average Bonchev–Trinajstić information content (AvgIpc) is 2.67. The highest BCUT2D eigenvalue weighted by molar-refractivity contribution is 5.85. The number of halogens is 1. The number of hydrogen-bond donors (Lipinski definition) is 0. The molecule has 1 heterocycles. The number of methoxy groups -OCH3 is 1. The van der Waals surface area contributed by atoms with E-state index in [2.05, 4.69) is 34.1 Å². The smallest absolute Gasteiger partial charge is 0.119 e. The number of ether oxygens (including phenoxy) is 1. The summed E-state index contributed by atoms with van der Waals surface area (Å²) >= 11 is 0. The van der Waals surface area contributed by atoms with Crippen molar-refractivity contribution in [3.8, 4) is 5.75 Å². The molecule has 1 aliphatic heterocycles. The van der Waals surface area contributed by atoms with Crippen molar-refractivity contribution in [1.29, 1.82) is 0 Å². The number of benzene rings is 1. The quantitative estimate of drug-likeness (QED) is 0.676. The first-order chi connectivity index (χ1) is 11.8. The van der Waals surface area contributed by atoms with Crippen molar-refractivity contribution < 1.29 is 4.74 Å². The lowest BCUT2D eigenvalue weighted by Gasteiger charge is -2.34. The molecule has 25 heavy (non-hydrogen) atoms. The lowest BCUT2D eigenvalue weighted by atomic mass is 9.89. The van der Waals surface area contributed by atoms with E-state index in [0.717, 1.165) is 18.2 Å². The number of likely N-dealkylation sites (tertiary alicyclic amines) is 1. The highest BCUT2D eigenvalue weighted by Gasteiger charge is 2.19. The summed E-state index contributed by atoms with van der Waals surface area (Å²) in [5, 5.41) is 0. The summed E-state index contributed by atoms with van der Waals surface area (Å²) in [4.78, 5) is 5.28. The van der Waals surface area contributed by atoms with E-state index in [1.165, 1.54) is 83.2 Å². The molecule has 0 spiro atoms. The number of anilines is 1. The van der Waals surface area contributed by atoms with E-state index in [9.17, 15) is 0 Å². The van der Waals surface area contributed by atoms with Crippen molar-refractivity contribution >= 4 is 18.1 Å². The molecule has 0 N–H and O–H groups in total. The molecule has 3 nitrogen and oxygen atoms in total. The highest BCUT2D eigenvalue weighted by atomic mass is 35.5. The Kier molecular flexibility index (Phi) is 8.91. The average molecular weight is 367 g/mol. The van der Waals surface area contributed by atoms with E-state index in [4.69, 9.17) is 4.74 Å². The molecule has 0 bridgehead atoms. The summed E-state index contributed by atoms with van der Waals surface area (Å²) in [5.74, 6) is 1.83. The van der Waals surface area contributed by atoms with Gasteiger partial charge in [-0.3, -0.25) is 0 Å². The minimum atomic E-state index is 0. The van der Waals surface area contributed by atoms with Gasteiger partial charge in [0.1, 0.15) is 5.75 Å². The summed E-state index contributed by atoms with van der Waals surface area (Å²) < 4.78 is 5.33. The van der Waals surface area contributed by atoms with Gasteiger partial charge in [0.25, 0.3) is 0 Å². The van der Waals surface area contributed by atoms with Gasteiger partial charge in [-0.2, -0.15) is 0 Å². The molecule has 0 unspecified atom stereocenters. The molecular weight excluding hydrogens is 332 g/mol. The van der Waals surface area contributed by atoms with Crippen LogP contribution in [-0.4, -0.2) is 44.7 Å². The number of nitrogens with zero attached hydrogens (tertiary/aromatic N) is 2. The summed E-state index contributed by atoms with van der Waals surface area (Å²) in [6.07, 6.45) is 11.3. The van der Waals surface area contributed by atoms with E-state index in [-0.39, 0.29) is 12.4 Å². The van der Waals surface area contributed by atoms with Crippen LogP contribution in [0.25, 0.3) is 0 Å². The molecule has 4 heteroatoms. The number of rotatable bonds is 7. The molecule has 0 amide bonds. The van der Waals surface area contributed by atoms with Gasteiger partial charge in [-0.1, -0.05) is 25.7 Å². The van der Waals surface area contributed by atoms with Crippen LogP contribution in [0.2, 0.25) is 0 Å². The van der Waals surface area contributed by atoms with Gasteiger partial charge in [0, 0.05) is 25.3 Å². The van der Waals surface area contributed by atoms with Crippen molar-refractivity contribution in [2.45, 2.75) is 51.4 Å². The van der Waals surface area contributed by atoms with Crippen LogP contribution in [0.1, 0.15) is 51.4 Å². The van der Waals surface area contributed by atoms with Gasteiger partial charge < -0.3 is 14.5 Å². The van der Waals surface area contributed by atoms with E-state index in [1.54, 1.807) is 7.11 Å². The van der Waals surface area contributed by atoms with Crippen LogP contribution in [0.4, 0.5) is 5.69 Å². The van der Waals surface area contributed by atoms with E-state index < -0.39 is 0 Å². The molecule has 0 aromatic heterocycles. The molecule has 3 rings (SSSR count). The van der Waals surface area contributed by atoms with Crippen molar-refractivity contribution in [3.05, 3.63) is 24.3 Å². The molecule has 1 aromatic rings. The molecule has 2 aliphatic rings. The van der Waals surface area contributed by atoms with Gasteiger partial charge in [0.05, 0.1) is 7.11 Å². The maximum atomic E-state index is 5.33. The van der Waals surface area contributed by atoms with E-state index in [1.807, 2.05) is 0 Å². The Bertz CT molecular complexity index is 467. The minimum Gasteiger partial charge on any atom is -0.497 e. The largest absolute Gasteiger partial charge is 0.497 e. The third kappa shape index (κ3) is 6.38. The molecule has 0 radical (unpaired) electrons. The van der Waals surface area contributed by atoms with Crippen LogP contribution >= 0.6 is 12.4 Å². The second-order valence-electron chi connectivity index (χ2n) is 7.55. The third-order valence-electron chi connectivity index (χ3n) is 5.78. The molecule has 1 saturated heterocycles. The number of hydrogen-bond acceptors (Lipinski definition) is 3. The van der Waals surface area contributed by atoms with Crippen LogP contribution in [0.3, 0.4) is 0 Å². The van der Waals surface area contributed by atoms with Crippen LogP contribution in [-0.2, 0) is 0 Å². The second-order valence-corrected chi connectivity index (χ2v) is 7.55. The molecule has 2 fully saturated rings. The lowest BCUT2D eigenvalue weighted by Crippen LogP contribution is -2.40. The fraction of sp³-hybridized carbons (Fsp3) is 0.714. The Hall–Kier alpha value is -0.930. The predicted octanol–water partition coefficient (Wildman–Crippen LogP) is 4.99. The zero-order valence-corrected chi connectivity index (χ0v) is 16.6. The lowest BCUT2D eigenvalue weighted by molar-refractivity contribution is 0.231. The fourth-order valence-electron chi connectivity index (χ4n) is 4.25. The Balaban J connectivity index is 0.00000225. The van der Waals surface area contributed by atoms with Crippen LogP contribution in [0, 0.1) is 5.92 Å². The van der Waals surface area contributed by atoms with Crippen molar-refractivity contribution in [2.75, 3.05) is 44.7 Å². The predicted molar refractivity (Wildman–Crippen MR) is 109 cm³/mol. The maximum Gasteiger partial charge on any atom is 0.119 e. The normalized spacial score (nSPS) is 19.2. The zero-order chi connectivity index (χ0) is 16.6. The maximum absolute atomic E-state index is 5.33. The van der Waals surface area contributed by atoms with Gasteiger partial charge in [0.2, 0.25) is 0 Å². The van der Waals surface area contributed by atoms with Crippen molar-refractivity contribution in [2.24, 2.45) is 5.92 Å². The first-order valence-corrected chi connectivity index (χ1v) is 9.96. The minimum absolute atomic E-state index is 0. The highest BCUT2D eigenvalue weighted by Crippen LogP contribution is 2.27. The Labute approximate surface area is 160 Å². The van der Waals surface area contributed by atoms with Gasteiger partial charge in [-0.25, -0.2) is 0 Å². The fourth-order valence-corrected chi connectivity index (χ4v) is 4.25. The molecule has 142 valence electrons. The van der Waals surface area contributed by atoms with Crippen LogP contribution in [0.15, 0.2) is 24.3 Å². The Morgan fingerprint density at radius 3 is 2.24 bits per heavy atom. The van der Waals surface area contributed by atoms with Crippen LogP contribution in [0.5, 0.6) is 5.75 Å². The van der Waals surface area contributed by atoms with E-state index >= 15 is 0 Å². The van der Waals surface area contributed by atoms with Crippen LogP contribution < -0.4 is 9.64 Å². The molecule has 1 saturated carbocycles. The SMILES string of the molecule is COc1ccc(N(CCN2CCCCC2)CC2CCCCC2)cc1.Cl. The second kappa shape index (κ2) is 10.9. The van der Waals surface area contributed by atoms with Crippen molar-refractivity contribution in [3.63, 3.8) is 0 Å². The summed E-state index contributed by atoms with van der Waals surface area (Å²) in [6, 6.07) is 8.67. The standard InChI is InChI=1S/C21H34N2O.ClH/c1-24-21-12-10-20(11-13-21)23(18-19-8-4-2-5-9-19)17-16-22-14-6-3-7-15-22;/h10-13,19H,2-9,14-18H2,1H3;1H. The first-order valence-electron chi connectivity index (χ1n) is 9.96. The van der Waals surface area contributed by atoms with Crippen molar-refractivity contribution in [1.82, 2.24) is 4.90 Å². The Morgan fingerprint density at radius 1 is 0.960 bits per heavy atom. The van der Waals surface area contributed by atoms with Gasteiger partial charge in [-0.15, -0.1) is 12.4 Å². The Morgan fingerprint density at radius 2 is 1.60 bits per heavy atom. The third-order valence-corrected chi connectivity index (χ3v) is 5.78. The molecule has 1 aromatic carbocycles. The number of piperidine rings is 1. The molecular formula is C21H35ClN2O.